The van der Waals surface area contributed by atoms with E-state index in [-0.39, 0.29) is 11.3 Å². The van der Waals surface area contributed by atoms with E-state index in [9.17, 15) is 4.79 Å². The van der Waals surface area contributed by atoms with E-state index in [1.807, 2.05) is 12.1 Å². The van der Waals surface area contributed by atoms with E-state index >= 15 is 0 Å². The molecule has 0 amide bonds. The summed E-state index contributed by atoms with van der Waals surface area (Å²) in [5, 5.41) is 12.7. The van der Waals surface area contributed by atoms with E-state index in [0.717, 1.165) is 38.0 Å². The minimum absolute atomic E-state index is 0.0376. The minimum atomic E-state index is -0.642. The summed E-state index contributed by atoms with van der Waals surface area (Å²) in [5.74, 6) is 0.0872. The Kier molecular flexibility index (Phi) is 5.46. The number of aliphatic carboxylic acids is 1. The third kappa shape index (κ3) is 4.23. The fourth-order valence-electron chi connectivity index (χ4n) is 3.09. The van der Waals surface area contributed by atoms with Gasteiger partial charge >= 0.3 is 5.97 Å². The van der Waals surface area contributed by atoms with Crippen LogP contribution in [0.15, 0.2) is 24.3 Å². The van der Waals surface area contributed by atoms with Gasteiger partial charge in [-0.3, -0.25) is 4.79 Å². The minimum Gasteiger partial charge on any atom is -0.497 e. The molecule has 1 fully saturated rings. The van der Waals surface area contributed by atoms with Crippen LogP contribution in [0.1, 0.15) is 45.1 Å². The first-order valence-corrected chi connectivity index (χ1v) is 8.03. The van der Waals surface area contributed by atoms with E-state index in [0.29, 0.717) is 6.04 Å². The molecular weight excluding hydrogens is 278 g/mol. The number of methoxy groups -OCH3 is 1. The Morgan fingerprint density at radius 2 is 1.82 bits per heavy atom. The van der Waals surface area contributed by atoms with Crippen LogP contribution in [0.5, 0.6) is 5.75 Å². The van der Waals surface area contributed by atoms with Crippen molar-refractivity contribution < 1.29 is 14.6 Å². The average molecular weight is 305 g/mol. The number of hydrogen-bond acceptors (Lipinski definition) is 3. The number of carboxylic acids is 1. The number of rotatable bonds is 6. The van der Waals surface area contributed by atoms with Crippen molar-refractivity contribution >= 4 is 5.97 Å². The van der Waals surface area contributed by atoms with Crippen LogP contribution < -0.4 is 10.1 Å². The topological polar surface area (TPSA) is 58.6 Å². The van der Waals surface area contributed by atoms with Crippen molar-refractivity contribution in [3.8, 4) is 5.75 Å². The average Bonchev–Trinajstić information content (AvgIpc) is 2.53. The first-order chi connectivity index (χ1) is 10.4. The maximum atomic E-state index is 11.0. The van der Waals surface area contributed by atoms with Crippen LogP contribution in [-0.2, 0) is 10.2 Å². The van der Waals surface area contributed by atoms with Crippen molar-refractivity contribution in [2.75, 3.05) is 13.7 Å². The van der Waals surface area contributed by atoms with E-state index in [4.69, 9.17) is 9.84 Å². The standard InChI is InChI=1S/C18H27NO3/c1-18(2,14-6-10-16(22-3)11-7-14)12-19-15-8-4-13(5-9-15)17(20)21/h6-7,10-11,13,15,19H,4-5,8-9,12H2,1-3H3,(H,20,21). The van der Waals surface area contributed by atoms with Crippen molar-refractivity contribution in [2.24, 2.45) is 5.92 Å². The normalized spacial score (nSPS) is 22.3. The van der Waals surface area contributed by atoms with Gasteiger partial charge in [0.1, 0.15) is 5.75 Å². The third-order valence-electron chi connectivity index (χ3n) is 4.78. The van der Waals surface area contributed by atoms with Crippen LogP contribution in [0.25, 0.3) is 0 Å². The highest BCUT2D eigenvalue weighted by molar-refractivity contribution is 5.70. The first-order valence-electron chi connectivity index (χ1n) is 8.03. The molecule has 0 atom stereocenters. The second kappa shape index (κ2) is 7.14. The molecule has 2 N–H and O–H groups in total. The summed E-state index contributed by atoms with van der Waals surface area (Å²) in [6.07, 6.45) is 3.48. The Hall–Kier alpha value is -1.55. The molecule has 2 rings (SSSR count). The van der Waals surface area contributed by atoms with Gasteiger partial charge in [-0.15, -0.1) is 0 Å². The maximum absolute atomic E-state index is 11.0. The molecule has 1 aromatic rings. The lowest BCUT2D eigenvalue weighted by molar-refractivity contribution is -0.142. The molecule has 0 aliphatic heterocycles. The molecule has 122 valence electrons. The van der Waals surface area contributed by atoms with Crippen molar-refractivity contribution in [3.63, 3.8) is 0 Å². The van der Waals surface area contributed by atoms with E-state index in [2.05, 4.69) is 31.3 Å². The summed E-state index contributed by atoms with van der Waals surface area (Å²) < 4.78 is 5.20. The molecular formula is C18H27NO3. The molecule has 0 heterocycles. The molecule has 0 spiro atoms. The van der Waals surface area contributed by atoms with Crippen molar-refractivity contribution in [2.45, 2.75) is 51.0 Å². The SMILES string of the molecule is COc1ccc(C(C)(C)CNC2CCC(C(=O)O)CC2)cc1. The molecule has 0 aromatic heterocycles. The van der Waals surface area contributed by atoms with Gasteiger partial charge in [-0.05, 0) is 43.4 Å². The van der Waals surface area contributed by atoms with E-state index in [1.165, 1.54) is 5.56 Å². The summed E-state index contributed by atoms with van der Waals surface area (Å²) in [7, 11) is 1.68. The lowest BCUT2D eigenvalue weighted by Gasteiger charge is -2.32. The fourth-order valence-corrected chi connectivity index (χ4v) is 3.09. The molecule has 0 unspecified atom stereocenters. The lowest BCUT2D eigenvalue weighted by atomic mass is 9.82. The van der Waals surface area contributed by atoms with Gasteiger partial charge in [-0.1, -0.05) is 26.0 Å². The molecule has 1 saturated carbocycles. The van der Waals surface area contributed by atoms with Crippen LogP contribution in [0.2, 0.25) is 0 Å². The van der Waals surface area contributed by atoms with Gasteiger partial charge in [-0.25, -0.2) is 0 Å². The lowest BCUT2D eigenvalue weighted by Crippen LogP contribution is -2.41. The van der Waals surface area contributed by atoms with Crippen LogP contribution in [0, 0.1) is 5.92 Å². The zero-order valence-electron chi connectivity index (χ0n) is 13.8. The Labute approximate surface area is 132 Å². The van der Waals surface area contributed by atoms with Gasteiger partial charge in [0.05, 0.1) is 13.0 Å². The van der Waals surface area contributed by atoms with Gasteiger partial charge < -0.3 is 15.2 Å². The Bertz CT molecular complexity index is 488. The van der Waals surface area contributed by atoms with Gasteiger partial charge in [0.15, 0.2) is 0 Å². The predicted octanol–water partition coefficient (Wildman–Crippen LogP) is 3.21. The molecule has 4 nitrogen and oxygen atoms in total. The van der Waals surface area contributed by atoms with Crippen molar-refractivity contribution in [1.82, 2.24) is 5.32 Å². The molecule has 0 saturated heterocycles. The Balaban J connectivity index is 1.86. The highest BCUT2D eigenvalue weighted by atomic mass is 16.5. The highest BCUT2D eigenvalue weighted by Crippen LogP contribution is 2.27. The number of nitrogens with one attached hydrogen (secondary N) is 1. The van der Waals surface area contributed by atoms with Crippen LogP contribution in [-0.4, -0.2) is 30.8 Å². The van der Waals surface area contributed by atoms with E-state index < -0.39 is 5.97 Å². The second-order valence-electron chi connectivity index (χ2n) is 6.88. The van der Waals surface area contributed by atoms with Crippen LogP contribution in [0.4, 0.5) is 0 Å². The summed E-state index contributed by atoms with van der Waals surface area (Å²) in [6.45, 7) is 5.34. The van der Waals surface area contributed by atoms with Gasteiger partial charge in [-0.2, -0.15) is 0 Å². The zero-order chi connectivity index (χ0) is 16.2. The molecule has 1 aliphatic rings. The van der Waals surface area contributed by atoms with E-state index in [1.54, 1.807) is 7.11 Å². The molecule has 1 aromatic carbocycles. The third-order valence-corrected chi connectivity index (χ3v) is 4.78. The zero-order valence-corrected chi connectivity index (χ0v) is 13.8. The second-order valence-corrected chi connectivity index (χ2v) is 6.88. The monoisotopic (exact) mass is 305 g/mol. The number of ether oxygens (including phenoxy) is 1. The molecule has 4 heteroatoms. The Morgan fingerprint density at radius 3 is 2.32 bits per heavy atom. The largest absolute Gasteiger partial charge is 0.497 e. The molecule has 0 radical (unpaired) electrons. The fraction of sp³-hybridized carbons (Fsp3) is 0.611. The number of carbonyl (C=O) groups is 1. The molecule has 1 aliphatic carbocycles. The predicted molar refractivity (Wildman–Crippen MR) is 87.4 cm³/mol. The smallest absolute Gasteiger partial charge is 0.306 e. The maximum Gasteiger partial charge on any atom is 0.306 e. The summed E-state index contributed by atoms with van der Waals surface area (Å²) in [4.78, 5) is 11.0. The van der Waals surface area contributed by atoms with Crippen LogP contribution >= 0.6 is 0 Å². The van der Waals surface area contributed by atoms with Gasteiger partial charge in [0, 0.05) is 18.0 Å². The highest BCUT2D eigenvalue weighted by Gasteiger charge is 2.27. The number of benzene rings is 1. The quantitative estimate of drug-likeness (QED) is 0.847. The number of hydrogen-bond donors (Lipinski definition) is 2. The summed E-state index contributed by atoms with van der Waals surface area (Å²) >= 11 is 0. The van der Waals surface area contributed by atoms with Crippen molar-refractivity contribution in [1.29, 1.82) is 0 Å². The van der Waals surface area contributed by atoms with Gasteiger partial charge in [0.25, 0.3) is 0 Å². The first kappa shape index (κ1) is 16.8. The van der Waals surface area contributed by atoms with Crippen LogP contribution in [0.3, 0.4) is 0 Å². The van der Waals surface area contributed by atoms with Crippen molar-refractivity contribution in [3.05, 3.63) is 29.8 Å². The Morgan fingerprint density at radius 1 is 1.23 bits per heavy atom. The number of carboxylic acid groups (broad SMARTS) is 1. The summed E-state index contributed by atoms with van der Waals surface area (Å²) in [5.41, 5.74) is 1.32. The molecule has 22 heavy (non-hydrogen) atoms. The van der Waals surface area contributed by atoms with Gasteiger partial charge in [0.2, 0.25) is 0 Å². The molecule has 0 bridgehead atoms. The summed E-state index contributed by atoms with van der Waals surface area (Å²) in [6, 6.07) is 8.65.